The largest absolute Gasteiger partial charge is 0.333 e. The van der Waals surface area contributed by atoms with E-state index in [9.17, 15) is 9.59 Å². The molecule has 0 fully saturated rings. The molecule has 0 aliphatic rings. The van der Waals surface area contributed by atoms with Crippen molar-refractivity contribution in [1.29, 1.82) is 0 Å². The lowest BCUT2D eigenvalue weighted by Gasteiger charge is -2.15. The zero-order chi connectivity index (χ0) is 18.4. The zero-order valence-corrected chi connectivity index (χ0v) is 15.6. The fourth-order valence-electron chi connectivity index (χ4n) is 1.98. The number of anilines is 1. The molecular weight excluding hydrogens is 383 g/mol. The number of hydrogen-bond donors (Lipinski definition) is 1. The molecule has 2 aromatic carbocycles. The molecule has 7 heteroatoms. The number of nitrogens with one attached hydrogen (secondary N) is 1. The highest BCUT2D eigenvalue weighted by molar-refractivity contribution is 6.42. The molecule has 0 radical (unpaired) electrons. The second kappa shape index (κ2) is 8.90. The first-order valence-electron chi connectivity index (χ1n) is 7.30. The first-order valence-corrected chi connectivity index (χ1v) is 8.43. The van der Waals surface area contributed by atoms with Crippen molar-refractivity contribution in [3.05, 3.63) is 69.2 Å². The lowest BCUT2D eigenvalue weighted by molar-refractivity contribution is -0.129. The van der Waals surface area contributed by atoms with Crippen LogP contribution in [0.5, 0.6) is 0 Å². The first kappa shape index (κ1) is 19.3. The average molecular weight is 398 g/mol. The maximum absolute atomic E-state index is 12.1. The van der Waals surface area contributed by atoms with E-state index in [-0.39, 0.29) is 18.4 Å². The van der Waals surface area contributed by atoms with Gasteiger partial charge in [-0.15, -0.1) is 0 Å². The average Bonchev–Trinajstić information content (AvgIpc) is 2.58. The van der Waals surface area contributed by atoms with Gasteiger partial charge in [-0.1, -0.05) is 59.1 Å². The van der Waals surface area contributed by atoms with E-state index in [4.69, 9.17) is 34.8 Å². The molecule has 0 unspecified atom stereocenters. The van der Waals surface area contributed by atoms with Gasteiger partial charge in [-0.05, 0) is 29.8 Å². The Hall–Kier alpha value is -2.01. The van der Waals surface area contributed by atoms with Crippen LogP contribution in [0, 0.1) is 0 Å². The summed E-state index contributed by atoms with van der Waals surface area (Å²) in [6, 6.07) is 12.0. The van der Waals surface area contributed by atoms with Gasteiger partial charge >= 0.3 is 0 Å². The Labute approximate surface area is 161 Å². The highest BCUT2D eigenvalue weighted by atomic mass is 35.5. The van der Waals surface area contributed by atoms with E-state index in [0.29, 0.717) is 26.3 Å². The van der Waals surface area contributed by atoms with Gasteiger partial charge < -0.3 is 10.2 Å². The summed E-state index contributed by atoms with van der Waals surface area (Å²) in [5, 5.41) is 3.86. The predicted molar refractivity (Wildman–Crippen MR) is 103 cm³/mol. The molecule has 0 aromatic heterocycles. The summed E-state index contributed by atoms with van der Waals surface area (Å²) in [4.78, 5) is 25.4. The van der Waals surface area contributed by atoms with Crippen molar-refractivity contribution in [2.75, 3.05) is 18.9 Å². The molecule has 0 saturated heterocycles. The van der Waals surface area contributed by atoms with Gasteiger partial charge in [-0.2, -0.15) is 0 Å². The van der Waals surface area contributed by atoms with Crippen LogP contribution in [0.3, 0.4) is 0 Å². The van der Waals surface area contributed by atoms with Gasteiger partial charge in [0.15, 0.2) is 0 Å². The highest BCUT2D eigenvalue weighted by Crippen LogP contribution is 2.26. The van der Waals surface area contributed by atoms with E-state index < -0.39 is 0 Å². The van der Waals surface area contributed by atoms with E-state index in [1.165, 1.54) is 18.0 Å². The highest BCUT2D eigenvalue weighted by Gasteiger charge is 2.12. The molecule has 0 aliphatic heterocycles. The second-order valence-corrected chi connectivity index (χ2v) is 6.39. The minimum Gasteiger partial charge on any atom is -0.333 e. The molecule has 4 nitrogen and oxygen atoms in total. The number of hydrogen-bond acceptors (Lipinski definition) is 2. The van der Waals surface area contributed by atoms with Crippen molar-refractivity contribution < 1.29 is 9.59 Å². The number of likely N-dealkylation sites (N-methyl/N-ethyl adjacent to an activating group) is 1. The summed E-state index contributed by atoms with van der Waals surface area (Å²) in [5.74, 6) is -0.691. The van der Waals surface area contributed by atoms with Gasteiger partial charge in [0, 0.05) is 13.1 Å². The van der Waals surface area contributed by atoms with Crippen LogP contribution in [-0.2, 0) is 9.59 Å². The van der Waals surface area contributed by atoms with Crippen LogP contribution in [0.4, 0.5) is 5.69 Å². The van der Waals surface area contributed by atoms with Crippen molar-refractivity contribution in [2.24, 2.45) is 0 Å². The molecule has 130 valence electrons. The van der Waals surface area contributed by atoms with E-state index in [1.54, 1.807) is 48.5 Å². The summed E-state index contributed by atoms with van der Waals surface area (Å²) in [7, 11) is 1.53. The fraction of sp³-hybridized carbons (Fsp3) is 0.111. The monoisotopic (exact) mass is 396 g/mol. The molecule has 0 aliphatic carbocycles. The van der Waals surface area contributed by atoms with Crippen molar-refractivity contribution in [2.45, 2.75) is 0 Å². The maximum atomic E-state index is 12.1. The molecule has 0 heterocycles. The van der Waals surface area contributed by atoms with Crippen LogP contribution in [-0.4, -0.2) is 30.3 Å². The lowest BCUT2D eigenvalue weighted by Crippen LogP contribution is -2.33. The van der Waals surface area contributed by atoms with Gasteiger partial charge in [-0.3, -0.25) is 9.59 Å². The Morgan fingerprint density at radius 2 is 1.72 bits per heavy atom. The molecule has 2 rings (SSSR count). The van der Waals surface area contributed by atoms with E-state index in [0.717, 1.165) is 0 Å². The van der Waals surface area contributed by atoms with Crippen LogP contribution in [0.15, 0.2) is 48.5 Å². The third-order valence-electron chi connectivity index (χ3n) is 3.29. The second-order valence-electron chi connectivity index (χ2n) is 5.20. The summed E-state index contributed by atoms with van der Waals surface area (Å²) in [6.07, 6.45) is 2.89. The topological polar surface area (TPSA) is 49.4 Å². The SMILES string of the molecule is CN(CC(=O)Nc1ccccc1Cl)C(=O)/C=C/c1cccc(Cl)c1Cl. The Balaban J connectivity index is 1.96. The molecule has 0 spiro atoms. The predicted octanol–water partition coefficient (Wildman–Crippen LogP) is 4.76. The molecule has 2 aromatic rings. The van der Waals surface area contributed by atoms with Gasteiger partial charge in [0.25, 0.3) is 0 Å². The van der Waals surface area contributed by atoms with E-state index in [2.05, 4.69) is 5.32 Å². The number of carbonyl (C=O) groups is 2. The summed E-state index contributed by atoms with van der Waals surface area (Å²) >= 11 is 18.0. The number of carbonyl (C=O) groups excluding carboxylic acids is 2. The molecule has 2 amide bonds. The molecule has 0 atom stereocenters. The third kappa shape index (κ3) is 5.49. The van der Waals surface area contributed by atoms with E-state index in [1.807, 2.05) is 0 Å². The van der Waals surface area contributed by atoms with Gasteiger partial charge in [0.1, 0.15) is 0 Å². The number of rotatable bonds is 5. The van der Waals surface area contributed by atoms with Crippen LogP contribution >= 0.6 is 34.8 Å². The molecule has 1 N–H and O–H groups in total. The quantitative estimate of drug-likeness (QED) is 0.740. The first-order chi connectivity index (χ1) is 11.9. The zero-order valence-electron chi connectivity index (χ0n) is 13.3. The Morgan fingerprint density at radius 3 is 2.44 bits per heavy atom. The lowest BCUT2D eigenvalue weighted by atomic mass is 10.2. The van der Waals surface area contributed by atoms with Crippen molar-refractivity contribution in [3.8, 4) is 0 Å². The fourth-order valence-corrected chi connectivity index (χ4v) is 2.54. The van der Waals surface area contributed by atoms with Gasteiger partial charge in [0.2, 0.25) is 11.8 Å². The number of para-hydroxylation sites is 1. The molecule has 0 bridgehead atoms. The normalized spacial score (nSPS) is 10.7. The number of nitrogens with zero attached hydrogens (tertiary/aromatic N) is 1. The van der Waals surface area contributed by atoms with Crippen LogP contribution in [0.2, 0.25) is 15.1 Å². The van der Waals surface area contributed by atoms with Gasteiger partial charge in [-0.25, -0.2) is 0 Å². The Morgan fingerprint density at radius 1 is 1.04 bits per heavy atom. The molecule has 0 saturated carbocycles. The minimum atomic E-state index is -0.349. The van der Waals surface area contributed by atoms with Crippen LogP contribution < -0.4 is 5.32 Å². The van der Waals surface area contributed by atoms with Crippen molar-refractivity contribution in [3.63, 3.8) is 0 Å². The third-order valence-corrected chi connectivity index (χ3v) is 4.45. The molecular formula is C18H15Cl3N2O2. The van der Waals surface area contributed by atoms with Crippen LogP contribution in [0.1, 0.15) is 5.56 Å². The number of halogens is 3. The van der Waals surface area contributed by atoms with Crippen LogP contribution in [0.25, 0.3) is 6.08 Å². The minimum absolute atomic E-state index is 0.113. The number of benzene rings is 2. The smallest absolute Gasteiger partial charge is 0.246 e. The Kier molecular flexibility index (Phi) is 6.88. The van der Waals surface area contributed by atoms with Crippen molar-refractivity contribution in [1.82, 2.24) is 4.90 Å². The number of amides is 2. The summed E-state index contributed by atoms with van der Waals surface area (Å²) in [6.45, 7) is -0.113. The standard InChI is InChI=1S/C18H15Cl3N2O2/c1-23(11-16(24)22-15-8-3-2-6-13(15)19)17(25)10-9-12-5-4-7-14(20)18(12)21/h2-10H,11H2,1H3,(H,22,24)/b10-9+. The van der Waals surface area contributed by atoms with Crippen molar-refractivity contribution >= 4 is 58.4 Å². The summed E-state index contributed by atoms with van der Waals surface area (Å²) in [5.41, 5.74) is 1.12. The maximum Gasteiger partial charge on any atom is 0.246 e. The van der Waals surface area contributed by atoms with Gasteiger partial charge in [0.05, 0.1) is 27.3 Å². The molecule has 25 heavy (non-hydrogen) atoms. The van der Waals surface area contributed by atoms with E-state index >= 15 is 0 Å². The summed E-state index contributed by atoms with van der Waals surface area (Å²) < 4.78 is 0. The Bertz CT molecular complexity index is 822.